The van der Waals surface area contributed by atoms with E-state index in [4.69, 9.17) is 5.73 Å². The van der Waals surface area contributed by atoms with Crippen LogP contribution in [0.5, 0.6) is 0 Å². The summed E-state index contributed by atoms with van der Waals surface area (Å²) in [6.45, 7) is 2.94. The van der Waals surface area contributed by atoms with Gasteiger partial charge in [-0.25, -0.2) is 4.68 Å². The number of rotatable bonds is 3. The largest absolute Gasteiger partial charge is 0.398 e. The number of hydrogen-bond acceptors (Lipinski definition) is 4. The Balaban J connectivity index is 1.63. The number of nitrogen functional groups attached to an aromatic ring is 1. The van der Waals surface area contributed by atoms with E-state index in [-0.39, 0.29) is 0 Å². The highest BCUT2D eigenvalue weighted by Gasteiger charge is 2.39. The molecule has 3 atom stereocenters. The summed E-state index contributed by atoms with van der Waals surface area (Å²) < 4.78 is 1.95. The van der Waals surface area contributed by atoms with Gasteiger partial charge in [-0.1, -0.05) is 18.6 Å². The molecule has 2 fully saturated rings. The molecule has 1 aromatic carbocycles. The minimum atomic E-state index is 0.733. The maximum atomic E-state index is 6.20. The molecule has 1 heterocycles. The summed E-state index contributed by atoms with van der Waals surface area (Å²) in [6.07, 6.45) is 5.57. The average Bonchev–Trinajstić information content (AvgIpc) is 3.18. The Kier molecular flexibility index (Phi) is 2.94. The molecule has 3 unspecified atom stereocenters. The molecular weight excluding hydrogens is 262 g/mol. The van der Waals surface area contributed by atoms with Gasteiger partial charge in [0, 0.05) is 17.8 Å². The summed E-state index contributed by atoms with van der Waals surface area (Å²) in [5.74, 6) is 3.36. The number of nitrogens with zero attached hydrogens (tertiary/aromatic N) is 4. The maximum Gasteiger partial charge on any atom is 0.184 e. The Morgan fingerprint density at radius 1 is 1.29 bits per heavy atom. The first-order valence-corrected chi connectivity index (χ1v) is 7.84. The molecule has 2 aliphatic rings. The smallest absolute Gasteiger partial charge is 0.184 e. The molecule has 2 aliphatic carbocycles. The highest BCUT2D eigenvalue weighted by Crippen LogP contribution is 2.49. The van der Waals surface area contributed by atoms with E-state index in [1.54, 1.807) is 0 Å². The van der Waals surface area contributed by atoms with E-state index >= 15 is 0 Å². The van der Waals surface area contributed by atoms with Crippen molar-refractivity contribution in [2.75, 3.05) is 5.73 Å². The molecule has 4 rings (SSSR count). The van der Waals surface area contributed by atoms with E-state index in [0.717, 1.165) is 46.9 Å². The first-order chi connectivity index (χ1) is 10.2. The first kappa shape index (κ1) is 12.8. The van der Waals surface area contributed by atoms with Crippen LogP contribution in [0.4, 0.5) is 5.69 Å². The zero-order valence-corrected chi connectivity index (χ0v) is 12.4. The second-order valence-corrected chi connectivity index (χ2v) is 6.66. The third-order valence-electron chi connectivity index (χ3n) is 5.39. The van der Waals surface area contributed by atoms with Crippen molar-refractivity contribution >= 4 is 5.69 Å². The number of para-hydroxylation sites is 1. The molecule has 2 saturated carbocycles. The molecule has 0 spiro atoms. The Bertz CT molecular complexity index is 662. The fourth-order valence-electron chi connectivity index (χ4n) is 4.22. The normalized spacial score (nSPS) is 27.4. The summed E-state index contributed by atoms with van der Waals surface area (Å²) in [7, 11) is 0. The lowest BCUT2D eigenvalue weighted by molar-refractivity contribution is 0.284. The van der Waals surface area contributed by atoms with Crippen molar-refractivity contribution in [3.05, 3.63) is 23.8 Å². The molecule has 0 saturated heterocycles. The topological polar surface area (TPSA) is 69.6 Å². The van der Waals surface area contributed by atoms with Crippen molar-refractivity contribution < 1.29 is 0 Å². The summed E-state index contributed by atoms with van der Waals surface area (Å²) in [5, 5.41) is 12.3. The fraction of sp³-hybridized carbons (Fsp3) is 0.562. The molecule has 2 aromatic rings. The Morgan fingerprint density at radius 3 is 2.95 bits per heavy atom. The van der Waals surface area contributed by atoms with Gasteiger partial charge in [-0.3, -0.25) is 0 Å². The van der Waals surface area contributed by atoms with Crippen LogP contribution in [0.25, 0.3) is 11.4 Å². The minimum Gasteiger partial charge on any atom is -0.398 e. The molecule has 5 heteroatoms. The van der Waals surface area contributed by atoms with Gasteiger partial charge in [0.2, 0.25) is 0 Å². The minimum absolute atomic E-state index is 0.733. The number of fused-ring (bicyclic) bond motifs is 2. The van der Waals surface area contributed by atoms with Crippen molar-refractivity contribution in [2.45, 2.75) is 39.2 Å². The van der Waals surface area contributed by atoms with Crippen molar-refractivity contribution in [2.24, 2.45) is 17.8 Å². The van der Waals surface area contributed by atoms with Crippen molar-refractivity contribution in [1.29, 1.82) is 0 Å². The predicted octanol–water partition coefficient (Wildman–Crippen LogP) is 2.67. The number of aromatic nitrogens is 4. The monoisotopic (exact) mass is 283 g/mol. The van der Waals surface area contributed by atoms with E-state index < -0.39 is 0 Å². The van der Waals surface area contributed by atoms with Gasteiger partial charge in [0.25, 0.3) is 0 Å². The van der Waals surface area contributed by atoms with Gasteiger partial charge in [-0.15, -0.1) is 5.10 Å². The lowest BCUT2D eigenvalue weighted by Gasteiger charge is -2.21. The second kappa shape index (κ2) is 4.83. The first-order valence-electron chi connectivity index (χ1n) is 7.84. The van der Waals surface area contributed by atoms with Crippen molar-refractivity contribution in [3.8, 4) is 11.4 Å². The SMILES string of the molecule is Cc1cccc(-c2nnnn2CC2CC3CCC2C3)c1N. The van der Waals surface area contributed by atoms with Gasteiger partial charge in [0.05, 0.1) is 0 Å². The number of tetrazole rings is 1. The van der Waals surface area contributed by atoms with Crippen LogP contribution in [0.2, 0.25) is 0 Å². The van der Waals surface area contributed by atoms with Crippen LogP contribution in [0.15, 0.2) is 18.2 Å². The van der Waals surface area contributed by atoms with Crippen molar-refractivity contribution in [3.63, 3.8) is 0 Å². The molecule has 2 bridgehead atoms. The molecular formula is C16H21N5. The molecule has 2 N–H and O–H groups in total. The van der Waals surface area contributed by atoms with E-state index in [1.165, 1.54) is 25.7 Å². The van der Waals surface area contributed by atoms with Gasteiger partial charge >= 0.3 is 0 Å². The van der Waals surface area contributed by atoms with Gasteiger partial charge in [-0.2, -0.15) is 0 Å². The third-order valence-corrected chi connectivity index (χ3v) is 5.39. The molecule has 110 valence electrons. The van der Waals surface area contributed by atoms with Crippen LogP contribution in [-0.2, 0) is 6.54 Å². The van der Waals surface area contributed by atoms with Crippen LogP contribution in [0.3, 0.4) is 0 Å². The Hall–Kier alpha value is -1.91. The van der Waals surface area contributed by atoms with Crippen LogP contribution < -0.4 is 5.73 Å². The molecule has 1 aromatic heterocycles. The standard InChI is InChI=1S/C16H21N5/c1-10-3-2-4-14(15(10)17)16-18-19-20-21(16)9-13-8-11-5-6-12(13)7-11/h2-4,11-13H,5-9,17H2,1H3. The van der Waals surface area contributed by atoms with Crippen LogP contribution in [0, 0.1) is 24.7 Å². The van der Waals surface area contributed by atoms with Crippen LogP contribution >= 0.6 is 0 Å². The maximum absolute atomic E-state index is 6.20. The number of hydrogen-bond donors (Lipinski definition) is 1. The van der Waals surface area contributed by atoms with Gasteiger partial charge in [0.15, 0.2) is 5.82 Å². The van der Waals surface area contributed by atoms with Gasteiger partial charge in [0.1, 0.15) is 0 Å². The van der Waals surface area contributed by atoms with E-state index in [0.29, 0.717) is 0 Å². The molecule has 21 heavy (non-hydrogen) atoms. The second-order valence-electron chi connectivity index (χ2n) is 6.66. The highest BCUT2D eigenvalue weighted by molar-refractivity contribution is 5.73. The number of nitrogens with two attached hydrogens (primary N) is 1. The molecule has 5 nitrogen and oxygen atoms in total. The van der Waals surface area contributed by atoms with Gasteiger partial charge < -0.3 is 5.73 Å². The highest BCUT2D eigenvalue weighted by atomic mass is 15.5. The lowest BCUT2D eigenvalue weighted by atomic mass is 9.89. The third kappa shape index (κ3) is 2.11. The molecule has 0 radical (unpaired) electrons. The summed E-state index contributed by atoms with van der Waals surface area (Å²) in [6, 6.07) is 6.03. The number of aryl methyl sites for hydroxylation is 1. The van der Waals surface area contributed by atoms with E-state index in [1.807, 2.05) is 29.8 Å². The molecule has 0 amide bonds. The Labute approximate surface area is 124 Å². The zero-order valence-electron chi connectivity index (χ0n) is 12.4. The predicted molar refractivity (Wildman–Crippen MR) is 81.3 cm³/mol. The van der Waals surface area contributed by atoms with E-state index in [2.05, 4.69) is 15.5 Å². The van der Waals surface area contributed by atoms with Crippen LogP contribution in [0.1, 0.15) is 31.2 Å². The van der Waals surface area contributed by atoms with E-state index in [9.17, 15) is 0 Å². The number of benzene rings is 1. The summed E-state index contributed by atoms with van der Waals surface area (Å²) >= 11 is 0. The van der Waals surface area contributed by atoms with Gasteiger partial charge in [-0.05, 0) is 66.0 Å². The average molecular weight is 283 g/mol. The van der Waals surface area contributed by atoms with Crippen molar-refractivity contribution in [1.82, 2.24) is 20.2 Å². The quantitative estimate of drug-likeness (QED) is 0.879. The molecule has 0 aliphatic heterocycles. The number of anilines is 1. The summed E-state index contributed by atoms with van der Waals surface area (Å²) in [4.78, 5) is 0. The zero-order chi connectivity index (χ0) is 14.4. The lowest BCUT2D eigenvalue weighted by Crippen LogP contribution is -2.19. The Morgan fingerprint density at radius 2 is 2.19 bits per heavy atom. The fourth-order valence-corrected chi connectivity index (χ4v) is 4.22. The summed E-state index contributed by atoms with van der Waals surface area (Å²) in [5.41, 5.74) is 9.00. The van der Waals surface area contributed by atoms with Crippen LogP contribution in [-0.4, -0.2) is 20.2 Å².